The van der Waals surface area contributed by atoms with Gasteiger partial charge in [0.2, 0.25) is 11.7 Å². The lowest BCUT2D eigenvalue weighted by molar-refractivity contribution is 0.0564. The van der Waals surface area contributed by atoms with E-state index in [0.717, 1.165) is 16.7 Å². The van der Waals surface area contributed by atoms with Gasteiger partial charge in [-0.1, -0.05) is 30.0 Å². The number of aryl methyl sites for hydroxylation is 1. The average molecular weight is 330 g/mol. The van der Waals surface area contributed by atoms with Gasteiger partial charge >= 0.3 is 5.97 Å². The summed E-state index contributed by atoms with van der Waals surface area (Å²) in [5.74, 6) is 0.637. The Morgan fingerprint density at radius 2 is 2.09 bits per heavy atom. The molecule has 23 heavy (non-hydrogen) atoms. The molecule has 0 amide bonds. The maximum Gasteiger partial charge on any atom is 0.374 e. The van der Waals surface area contributed by atoms with Crippen molar-refractivity contribution >= 4 is 17.7 Å². The molecule has 0 spiro atoms. The van der Waals surface area contributed by atoms with Crippen LogP contribution >= 0.6 is 11.8 Å². The van der Waals surface area contributed by atoms with E-state index in [-0.39, 0.29) is 5.76 Å². The van der Waals surface area contributed by atoms with Gasteiger partial charge in [-0.05, 0) is 24.6 Å². The fourth-order valence-electron chi connectivity index (χ4n) is 2.05. The Morgan fingerprint density at radius 3 is 2.87 bits per heavy atom. The molecular formula is C16H14N2O4S. The molecule has 0 unspecified atom stereocenters. The van der Waals surface area contributed by atoms with Gasteiger partial charge in [0.25, 0.3) is 5.22 Å². The number of benzene rings is 1. The zero-order valence-corrected chi connectivity index (χ0v) is 13.4. The fraction of sp³-hybridized carbons (Fsp3) is 0.188. The van der Waals surface area contributed by atoms with Crippen LogP contribution in [0.25, 0.3) is 11.5 Å². The second kappa shape index (κ2) is 6.70. The molecule has 0 N–H and O–H groups in total. The highest BCUT2D eigenvalue weighted by Gasteiger charge is 2.17. The van der Waals surface area contributed by atoms with E-state index >= 15 is 0 Å². The summed E-state index contributed by atoms with van der Waals surface area (Å²) in [6, 6.07) is 9.52. The Kier molecular flexibility index (Phi) is 4.47. The summed E-state index contributed by atoms with van der Waals surface area (Å²) >= 11 is 1.33. The van der Waals surface area contributed by atoms with Crippen molar-refractivity contribution in [1.82, 2.24) is 10.2 Å². The van der Waals surface area contributed by atoms with Gasteiger partial charge in [0.05, 0.1) is 13.4 Å². The number of nitrogens with zero attached hydrogens (tertiary/aromatic N) is 2. The largest absolute Gasteiger partial charge is 0.463 e. The number of carbonyl (C=O) groups excluding carboxylic acids is 1. The van der Waals surface area contributed by atoms with Crippen molar-refractivity contribution in [2.75, 3.05) is 7.11 Å². The Hall–Kier alpha value is -2.54. The van der Waals surface area contributed by atoms with E-state index in [0.29, 0.717) is 16.9 Å². The summed E-state index contributed by atoms with van der Waals surface area (Å²) in [5.41, 5.74) is 2.69. The zero-order chi connectivity index (χ0) is 16.2. The number of aromatic nitrogens is 2. The van der Waals surface area contributed by atoms with Gasteiger partial charge in [-0.2, -0.15) is 0 Å². The molecule has 1 aromatic carbocycles. The Bertz CT molecular complexity index is 825. The van der Waals surface area contributed by atoms with Gasteiger partial charge in [0.1, 0.15) is 0 Å². The van der Waals surface area contributed by atoms with Gasteiger partial charge in [0.15, 0.2) is 0 Å². The number of thioether (sulfide) groups is 1. The number of ether oxygens (including phenoxy) is 1. The van der Waals surface area contributed by atoms with Crippen LogP contribution in [0.1, 0.15) is 21.7 Å². The average Bonchev–Trinajstić information content (AvgIpc) is 3.21. The smallest absolute Gasteiger partial charge is 0.374 e. The Balaban J connectivity index is 1.72. The van der Waals surface area contributed by atoms with Crippen LogP contribution in [0.4, 0.5) is 0 Å². The van der Waals surface area contributed by atoms with Crippen LogP contribution in [-0.4, -0.2) is 23.3 Å². The predicted octanol–water partition coefficient (Wildman–Crippen LogP) is 3.72. The van der Waals surface area contributed by atoms with Gasteiger partial charge in [-0.3, -0.25) is 0 Å². The van der Waals surface area contributed by atoms with Crippen LogP contribution in [-0.2, 0) is 10.5 Å². The quantitative estimate of drug-likeness (QED) is 0.521. The van der Waals surface area contributed by atoms with Gasteiger partial charge < -0.3 is 13.6 Å². The van der Waals surface area contributed by atoms with Crippen molar-refractivity contribution in [3.8, 4) is 11.5 Å². The third kappa shape index (κ3) is 3.29. The number of furan rings is 1. The first-order valence-corrected chi connectivity index (χ1v) is 7.84. The monoisotopic (exact) mass is 330 g/mol. The molecule has 0 atom stereocenters. The van der Waals surface area contributed by atoms with Crippen LogP contribution in [0, 0.1) is 6.92 Å². The van der Waals surface area contributed by atoms with Crippen LogP contribution in [0.5, 0.6) is 0 Å². The molecule has 6 nitrogen and oxygen atoms in total. The predicted molar refractivity (Wildman–Crippen MR) is 84.1 cm³/mol. The van der Waals surface area contributed by atoms with Crippen molar-refractivity contribution < 1.29 is 18.4 Å². The minimum absolute atomic E-state index is 0.193. The molecule has 0 aliphatic heterocycles. The number of esters is 1. The summed E-state index contributed by atoms with van der Waals surface area (Å²) in [4.78, 5) is 11.6. The summed E-state index contributed by atoms with van der Waals surface area (Å²) in [6.45, 7) is 1.99. The molecule has 7 heteroatoms. The summed E-state index contributed by atoms with van der Waals surface area (Å²) in [6.07, 6.45) is 1.45. The zero-order valence-electron chi connectivity index (χ0n) is 12.6. The first-order chi connectivity index (χ1) is 11.2. The molecule has 0 fully saturated rings. The van der Waals surface area contributed by atoms with Crippen LogP contribution in [0.15, 0.2) is 50.7 Å². The minimum atomic E-state index is -0.503. The molecule has 0 saturated heterocycles. The molecule has 2 aromatic heterocycles. The van der Waals surface area contributed by atoms with E-state index in [1.165, 1.54) is 25.1 Å². The first-order valence-electron chi connectivity index (χ1n) is 6.86. The highest BCUT2D eigenvalue weighted by molar-refractivity contribution is 7.98. The van der Waals surface area contributed by atoms with E-state index < -0.39 is 5.97 Å². The lowest BCUT2D eigenvalue weighted by atomic mass is 10.1. The lowest BCUT2D eigenvalue weighted by Crippen LogP contribution is -2.02. The number of carbonyl (C=O) groups is 1. The lowest BCUT2D eigenvalue weighted by Gasteiger charge is -1.99. The SMILES string of the molecule is COC(=O)c1occc1CSc1nnc(-c2ccccc2C)o1. The van der Waals surface area contributed by atoms with Gasteiger partial charge in [-0.25, -0.2) is 4.79 Å². The Morgan fingerprint density at radius 1 is 1.26 bits per heavy atom. The first kappa shape index (κ1) is 15.4. The van der Waals surface area contributed by atoms with Crippen molar-refractivity contribution in [3.63, 3.8) is 0 Å². The van der Waals surface area contributed by atoms with E-state index in [1.54, 1.807) is 6.07 Å². The number of hydrogen-bond acceptors (Lipinski definition) is 7. The third-order valence-electron chi connectivity index (χ3n) is 3.25. The summed E-state index contributed by atoms with van der Waals surface area (Å²) < 4.78 is 15.5. The highest BCUT2D eigenvalue weighted by atomic mass is 32.2. The molecule has 0 aliphatic carbocycles. The van der Waals surface area contributed by atoms with Crippen molar-refractivity contribution in [1.29, 1.82) is 0 Å². The number of hydrogen-bond donors (Lipinski definition) is 0. The number of rotatable bonds is 5. The molecule has 2 heterocycles. The van der Waals surface area contributed by atoms with Gasteiger partial charge in [0, 0.05) is 16.9 Å². The third-order valence-corrected chi connectivity index (χ3v) is 4.12. The van der Waals surface area contributed by atoms with Crippen molar-refractivity contribution in [2.24, 2.45) is 0 Å². The maximum absolute atomic E-state index is 11.6. The van der Waals surface area contributed by atoms with E-state index in [1.807, 2.05) is 31.2 Å². The van der Waals surface area contributed by atoms with Gasteiger partial charge in [-0.15, -0.1) is 10.2 Å². The Labute approximate surface area is 136 Å². The van der Waals surface area contributed by atoms with Crippen LogP contribution in [0.2, 0.25) is 0 Å². The molecule has 0 saturated carbocycles. The normalized spacial score (nSPS) is 10.7. The number of methoxy groups -OCH3 is 1. The second-order valence-corrected chi connectivity index (χ2v) is 5.67. The molecular weight excluding hydrogens is 316 g/mol. The van der Waals surface area contributed by atoms with Crippen LogP contribution < -0.4 is 0 Å². The van der Waals surface area contributed by atoms with E-state index in [4.69, 9.17) is 8.83 Å². The summed E-state index contributed by atoms with van der Waals surface area (Å²) in [7, 11) is 1.31. The molecule has 3 aromatic rings. The fourth-order valence-corrected chi connectivity index (χ4v) is 2.79. The molecule has 118 valence electrons. The van der Waals surface area contributed by atoms with E-state index in [2.05, 4.69) is 14.9 Å². The second-order valence-electron chi connectivity index (χ2n) is 4.74. The van der Waals surface area contributed by atoms with Crippen LogP contribution in [0.3, 0.4) is 0 Å². The molecule has 3 rings (SSSR count). The van der Waals surface area contributed by atoms with Crippen molar-refractivity contribution in [2.45, 2.75) is 17.9 Å². The molecule has 0 radical (unpaired) electrons. The molecule has 0 bridgehead atoms. The minimum Gasteiger partial charge on any atom is -0.463 e. The topological polar surface area (TPSA) is 78.4 Å². The molecule has 0 aliphatic rings. The van der Waals surface area contributed by atoms with E-state index in [9.17, 15) is 4.79 Å². The maximum atomic E-state index is 11.6. The van der Waals surface area contributed by atoms with Crippen molar-refractivity contribution in [3.05, 3.63) is 53.5 Å². The highest BCUT2D eigenvalue weighted by Crippen LogP contribution is 2.28. The standard InChI is InChI=1S/C16H14N2O4S/c1-10-5-3-4-6-12(10)14-17-18-16(22-14)23-9-11-7-8-21-13(11)15(19)20-2/h3-8H,9H2,1-2H3. The summed E-state index contributed by atoms with van der Waals surface area (Å²) in [5, 5.41) is 8.53.